The van der Waals surface area contributed by atoms with E-state index in [-0.39, 0.29) is 6.04 Å². The van der Waals surface area contributed by atoms with Gasteiger partial charge < -0.3 is 15.1 Å². The molecule has 0 spiro atoms. The van der Waals surface area contributed by atoms with Crippen LogP contribution in [-0.2, 0) is 0 Å². The van der Waals surface area contributed by atoms with Gasteiger partial charge in [0, 0.05) is 13.0 Å². The van der Waals surface area contributed by atoms with Crippen molar-refractivity contribution in [2.24, 2.45) is 0 Å². The molecule has 1 fully saturated rings. The van der Waals surface area contributed by atoms with Crippen LogP contribution in [-0.4, -0.2) is 33.4 Å². The number of amides is 1. The molecule has 92 valence electrons. The second-order valence-electron chi connectivity index (χ2n) is 4.85. The molecule has 1 aromatic rings. The van der Waals surface area contributed by atoms with Crippen molar-refractivity contribution in [3.8, 4) is 0 Å². The maximum atomic E-state index is 11.2. The van der Waals surface area contributed by atoms with Crippen molar-refractivity contribution in [3.05, 3.63) is 35.9 Å². The molecule has 0 aliphatic carbocycles. The molecular weight excluding hydrogens is 218 g/mol. The number of hydrogen-bond acceptors (Lipinski definition) is 2. The van der Waals surface area contributed by atoms with Gasteiger partial charge in [-0.25, -0.2) is 4.79 Å². The van der Waals surface area contributed by atoms with Crippen LogP contribution in [0.4, 0.5) is 4.79 Å². The Bertz CT molecular complexity index is 402. The third-order valence-electron chi connectivity index (χ3n) is 3.33. The Kier molecular flexibility index (Phi) is 3.07. The molecule has 0 saturated carbocycles. The van der Waals surface area contributed by atoms with Gasteiger partial charge in [-0.2, -0.15) is 0 Å². The number of carbonyl (C=O) groups is 1. The van der Waals surface area contributed by atoms with E-state index in [1.54, 1.807) is 6.92 Å². The highest BCUT2D eigenvalue weighted by Crippen LogP contribution is 2.36. The molecule has 2 N–H and O–H groups in total. The third-order valence-corrected chi connectivity index (χ3v) is 3.33. The molecule has 0 unspecified atom stereocenters. The molecule has 1 amide bonds. The molecule has 0 aromatic heterocycles. The Balaban J connectivity index is 2.29. The van der Waals surface area contributed by atoms with Crippen molar-refractivity contribution in [2.75, 3.05) is 6.54 Å². The van der Waals surface area contributed by atoms with Gasteiger partial charge in [0.25, 0.3) is 0 Å². The molecule has 1 saturated heterocycles. The quantitative estimate of drug-likeness (QED) is 0.784. The van der Waals surface area contributed by atoms with E-state index in [0.717, 1.165) is 5.56 Å². The Morgan fingerprint density at radius 3 is 2.65 bits per heavy atom. The summed E-state index contributed by atoms with van der Waals surface area (Å²) >= 11 is 0. The fourth-order valence-corrected chi connectivity index (χ4v) is 2.35. The van der Waals surface area contributed by atoms with Crippen molar-refractivity contribution >= 4 is 6.09 Å². The van der Waals surface area contributed by atoms with E-state index < -0.39 is 11.7 Å². The van der Waals surface area contributed by atoms with Crippen molar-refractivity contribution in [3.63, 3.8) is 0 Å². The zero-order valence-corrected chi connectivity index (χ0v) is 9.84. The van der Waals surface area contributed by atoms with Gasteiger partial charge in [-0.15, -0.1) is 0 Å². The summed E-state index contributed by atoms with van der Waals surface area (Å²) < 4.78 is 0. The van der Waals surface area contributed by atoms with Crippen LogP contribution in [0.15, 0.2) is 30.3 Å². The summed E-state index contributed by atoms with van der Waals surface area (Å²) in [6.07, 6.45) is 0.0146. The first kappa shape index (κ1) is 11.9. The number of nitrogens with zero attached hydrogens (tertiary/aromatic N) is 1. The first-order chi connectivity index (χ1) is 7.99. The summed E-state index contributed by atoms with van der Waals surface area (Å²) in [6, 6.07) is 9.23. The largest absolute Gasteiger partial charge is 0.465 e. The molecule has 0 radical (unpaired) electrons. The second-order valence-corrected chi connectivity index (χ2v) is 4.85. The smallest absolute Gasteiger partial charge is 0.407 e. The lowest BCUT2D eigenvalue weighted by Gasteiger charge is -2.41. The summed E-state index contributed by atoms with van der Waals surface area (Å²) in [5.74, 6) is 0. The van der Waals surface area contributed by atoms with Gasteiger partial charge in [0.2, 0.25) is 0 Å². The summed E-state index contributed by atoms with van der Waals surface area (Å²) in [5, 5.41) is 19.3. The minimum absolute atomic E-state index is 0.252. The first-order valence-electron chi connectivity index (χ1n) is 5.76. The number of carboxylic acid groups (broad SMARTS) is 1. The van der Waals surface area contributed by atoms with Gasteiger partial charge in [0.15, 0.2) is 0 Å². The average molecular weight is 235 g/mol. The molecule has 0 bridgehead atoms. The van der Waals surface area contributed by atoms with E-state index >= 15 is 0 Å². The Morgan fingerprint density at radius 2 is 2.06 bits per heavy atom. The SMILES string of the molecule is C[C@]1(O)CCN(C(=O)O)[C@@H](c2ccccc2)C1. The van der Waals surface area contributed by atoms with Crippen molar-refractivity contribution < 1.29 is 15.0 Å². The number of rotatable bonds is 1. The Labute approximate surface area is 100 Å². The molecule has 17 heavy (non-hydrogen) atoms. The van der Waals surface area contributed by atoms with Gasteiger partial charge in [0.1, 0.15) is 0 Å². The van der Waals surface area contributed by atoms with Crippen LogP contribution in [0.25, 0.3) is 0 Å². The van der Waals surface area contributed by atoms with Crippen LogP contribution in [0.1, 0.15) is 31.4 Å². The number of likely N-dealkylation sites (tertiary alicyclic amines) is 1. The van der Waals surface area contributed by atoms with Crippen LogP contribution in [0.3, 0.4) is 0 Å². The van der Waals surface area contributed by atoms with Crippen molar-refractivity contribution in [1.82, 2.24) is 4.90 Å². The Hall–Kier alpha value is -1.55. The second kappa shape index (κ2) is 4.37. The summed E-state index contributed by atoms with van der Waals surface area (Å²) in [6.45, 7) is 2.14. The first-order valence-corrected chi connectivity index (χ1v) is 5.76. The van der Waals surface area contributed by atoms with Gasteiger partial charge in [-0.05, 0) is 18.9 Å². The number of benzene rings is 1. The maximum absolute atomic E-state index is 11.2. The molecule has 1 aromatic carbocycles. The van der Waals surface area contributed by atoms with Crippen LogP contribution in [0.5, 0.6) is 0 Å². The monoisotopic (exact) mass is 235 g/mol. The van der Waals surface area contributed by atoms with Crippen molar-refractivity contribution in [2.45, 2.75) is 31.4 Å². The zero-order chi connectivity index (χ0) is 12.5. The van der Waals surface area contributed by atoms with E-state index in [2.05, 4.69) is 0 Å². The molecule has 2 atom stereocenters. The summed E-state index contributed by atoms with van der Waals surface area (Å²) in [4.78, 5) is 12.6. The maximum Gasteiger partial charge on any atom is 0.407 e. The van der Waals surface area contributed by atoms with E-state index in [4.69, 9.17) is 0 Å². The number of piperidine rings is 1. The van der Waals surface area contributed by atoms with Gasteiger partial charge in [0.05, 0.1) is 11.6 Å². The minimum Gasteiger partial charge on any atom is -0.465 e. The predicted octanol–water partition coefficient (Wildman–Crippen LogP) is 2.25. The average Bonchev–Trinajstić information content (AvgIpc) is 2.28. The van der Waals surface area contributed by atoms with E-state index in [1.807, 2.05) is 30.3 Å². The van der Waals surface area contributed by atoms with Crippen LogP contribution in [0, 0.1) is 0 Å². The van der Waals surface area contributed by atoms with Crippen LogP contribution >= 0.6 is 0 Å². The molecule has 1 aliphatic heterocycles. The lowest BCUT2D eigenvalue weighted by Crippen LogP contribution is -2.46. The molecule has 4 heteroatoms. The highest BCUT2D eigenvalue weighted by Gasteiger charge is 2.37. The van der Waals surface area contributed by atoms with Crippen LogP contribution in [0.2, 0.25) is 0 Å². The normalized spacial score (nSPS) is 29.1. The standard InChI is InChI=1S/C13H17NO3/c1-13(17)7-8-14(12(15)16)11(9-13)10-5-3-2-4-6-10/h2-6,11,17H,7-9H2,1H3,(H,15,16)/t11-,13+/m1/s1. The Morgan fingerprint density at radius 1 is 1.41 bits per heavy atom. The van der Waals surface area contributed by atoms with Crippen LogP contribution < -0.4 is 0 Å². The minimum atomic E-state index is -0.922. The highest BCUT2D eigenvalue weighted by atomic mass is 16.4. The summed E-state index contributed by atoms with van der Waals surface area (Å²) in [5.41, 5.74) is 0.154. The lowest BCUT2D eigenvalue weighted by molar-refractivity contribution is -0.0273. The number of aliphatic hydroxyl groups is 1. The third kappa shape index (κ3) is 2.58. The van der Waals surface area contributed by atoms with E-state index in [0.29, 0.717) is 19.4 Å². The molecular formula is C13H17NO3. The summed E-state index contributed by atoms with van der Waals surface area (Å²) in [7, 11) is 0. The molecule has 4 nitrogen and oxygen atoms in total. The number of hydrogen-bond donors (Lipinski definition) is 2. The highest BCUT2D eigenvalue weighted by molar-refractivity contribution is 5.66. The van der Waals surface area contributed by atoms with E-state index in [9.17, 15) is 15.0 Å². The zero-order valence-electron chi connectivity index (χ0n) is 9.84. The fourth-order valence-electron chi connectivity index (χ4n) is 2.35. The molecule has 1 heterocycles. The lowest BCUT2D eigenvalue weighted by atomic mass is 9.85. The van der Waals surface area contributed by atoms with E-state index in [1.165, 1.54) is 4.90 Å². The topological polar surface area (TPSA) is 60.8 Å². The van der Waals surface area contributed by atoms with Gasteiger partial charge in [-0.3, -0.25) is 0 Å². The van der Waals surface area contributed by atoms with Gasteiger partial charge in [-0.1, -0.05) is 30.3 Å². The molecule has 2 rings (SSSR count). The van der Waals surface area contributed by atoms with Crippen molar-refractivity contribution in [1.29, 1.82) is 0 Å². The van der Waals surface area contributed by atoms with Gasteiger partial charge >= 0.3 is 6.09 Å². The predicted molar refractivity (Wildman–Crippen MR) is 63.8 cm³/mol. The molecule has 1 aliphatic rings. The fraction of sp³-hybridized carbons (Fsp3) is 0.462.